The first-order valence-electron chi connectivity index (χ1n) is 12.3. The van der Waals surface area contributed by atoms with E-state index in [0.29, 0.717) is 30.4 Å². The highest BCUT2D eigenvalue weighted by molar-refractivity contribution is 9.10. The fourth-order valence-electron chi connectivity index (χ4n) is 4.76. The monoisotopic (exact) mass is 562 g/mol. The first-order chi connectivity index (χ1) is 18.0. The van der Waals surface area contributed by atoms with Gasteiger partial charge in [-0.15, -0.1) is 10.2 Å². The molecular formula is C27H27BrN6O3. The average Bonchev–Trinajstić information content (AvgIpc) is 3.61. The van der Waals surface area contributed by atoms with Crippen molar-refractivity contribution in [2.75, 3.05) is 6.61 Å². The third kappa shape index (κ3) is 4.57. The van der Waals surface area contributed by atoms with E-state index in [4.69, 9.17) is 14.1 Å². The Balaban J connectivity index is 1.74. The minimum Gasteiger partial charge on any atom is -0.472 e. The predicted octanol–water partition coefficient (Wildman–Crippen LogP) is 6.07. The van der Waals surface area contributed by atoms with Crippen LogP contribution in [0.2, 0.25) is 0 Å². The number of esters is 1. The second kappa shape index (κ2) is 10.7. The first kappa shape index (κ1) is 24.9. The normalized spacial score (nSPS) is 11.4. The van der Waals surface area contributed by atoms with Gasteiger partial charge in [0.15, 0.2) is 5.69 Å². The fraction of sp³-hybridized carbons (Fsp3) is 0.296. The van der Waals surface area contributed by atoms with Crippen molar-refractivity contribution >= 4 is 21.9 Å². The summed E-state index contributed by atoms with van der Waals surface area (Å²) in [7, 11) is 0. The van der Waals surface area contributed by atoms with Crippen molar-refractivity contribution in [3.63, 3.8) is 0 Å². The summed E-state index contributed by atoms with van der Waals surface area (Å²) < 4.78 is 13.9. The highest BCUT2D eigenvalue weighted by atomic mass is 79.9. The van der Waals surface area contributed by atoms with Gasteiger partial charge in [0.1, 0.15) is 5.82 Å². The Kier molecular flexibility index (Phi) is 7.18. The van der Waals surface area contributed by atoms with Crippen LogP contribution in [0.1, 0.15) is 54.3 Å². The number of rotatable bonds is 9. The SMILES string of the molecule is CCCCc1nc(C)c(C(=O)OCC)n1Cc1c2ccocc-2c(Br)c1-c1ccccc1-c1nn[nH]n1. The number of aromatic nitrogens is 6. The molecule has 2 aromatic heterocycles. The van der Waals surface area contributed by atoms with Gasteiger partial charge in [-0.05, 0) is 64.2 Å². The molecule has 5 rings (SSSR count). The summed E-state index contributed by atoms with van der Waals surface area (Å²) in [6, 6.07) is 9.89. The Hall–Kier alpha value is -3.79. The van der Waals surface area contributed by atoms with Crippen LogP contribution in [-0.2, 0) is 17.7 Å². The van der Waals surface area contributed by atoms with E-state index < -0.39 is 0 Å². The Bertz CT molecular complexity index is 1500. The Morgan fingerprint density at radius 2 is 1.95 bits per heavy atom. The Labute approximate surface area is 222 Å². The zero-order valence-corrected chi connectivity index (χ0v) is 22.5. The molecule has 37 heavy (non-hydrogen) atoms. The van der Waals surface area contributed by atoms with Crippen molar-refractivity contribution in [1.29, 1.82) is 0 Å². The van der Waals surface area contributed by atoms with Gasteiger partial charge in [0, 0.05) is 27.6 Å². The van der Waals surface area contributed by atoms with E-state index in [1.807, 2.05) is 48.7 Å². The number of tetrazole rings is 1. The summed E-state index contributed by atoms with van der Waals surface area (Å²) in [4.78, 5) is 17.9. The summed E-state index contributed by atoms with van der Waals surface area (Å²) in [6.07, 6.45) is 6.15. The van der Waals surface area contributed by atoms with Gasteiger partial charge in [-0.2, -0.15) is 5.21 Å². The standard InChI is InChI=1S/C27H27BrN6O3/c1-4-6-11-22-29-16(3)25(27(35)37-5-2)34(22)14-20-17-12-13-36-15-21(17)24(28)23(20)18-9-7-8-10-19(18)26-30-32-33-31-26/h7-10,12-13,15H,4-6,11,14H2,1-3H3,(H,30,31,32,33). The van der Waals surface area contributed by atoms with Crippen LogP contribution in [-0.4, -0.2) is 42.8 Å². The molecule has 0 spiro atoms. The average molecular weight is 563 g/mol. The maximum atomic E-state index is 13.1. The molecule has 1 N–H and O–H groups in total. The summed E-state index contributed by atoms with van der Waals surface area (Å²) in [6.45, 7) is 6.54. The molecule has 0 atom stereocenters. The molecule has 0 fully saturated rings. The van der Waals surface area contributed by atoms with Gasteiger partial charge in [0.2, 0.25) is 5.82 Å². The molecule has 3 heterocycles. The number of nitrogens with zero attached hydrogens (tertiary/aromatic N) is 5. The largest absolute Gasteiger partial charge is 0.472 e. The van der Waals surface area contributed by atoms with Crippen LogP contribution in [0.25, 0.3) is 33.6 Å². The number of imidazole rings is 1. The van der Waals surface area contributed by atoms with Crippen LogP contribution >= 0.6 is 15.9 Å². The van der Waals surface area contributed by atoms with Gasteiger partial charge >= 0.3 is 5.97 Å². The van der Waals surface area contributed by atoms with E-state index >= 15 is 0 Å². The third-order valence-electron chi connectivity index (χ3n) is 6.41. The molecule has 1 aliphatic heterocycles. The molecule has 0 amide bonds. The fourth-order valence-corrected chi connectivity index (χ4v) is 5.52. The number of carbonyl (C=O) groups excluding carboxylic acids is 1. The molecule has 2 aliphatic rings. The molecule has 0 bridgehead atoms. The quantitative estimate of drug-likeness (QED) is 0.217. The van der Waals surface area contributed by atoms with Crippen molar-refractivity contribution in [2.45, 2.75) is 46.6 Å². The number of nitrogens with one attached hydrogen (secondary N) is 1. The van der Waals surface area contributed by atoms with Gasteiger partial charge < -0.3 is 13.7 Å². The molecule has 190 valence electrons. The van der Waals surface area contributed by atoms with Gasteiger partial charge in [-0.3, -0.25) is 0 Å². The minimum absolute atomic E-state index is 0.295. The molecular weight excluding hydrogens is 536 g/mol. The van der Waals surface area contributed by atoms with Gasteiger partial charge in [-0.25, -0.2) is 9.78 Å². The van der Waals surface area contributed by atoms with Crippen molar-refractivity contribution in [3.8, 4) is 33.6 Å². The van der Waals surface area contributed by atoms with E-state index in [1.165, 1.54) is 0 Å². The molecule has 0 radical (unpaired) electrons. The lowest BCUT2D eigenvalue weighted by Gasteiger charge is -2.15. The van der Waals surface area contributed by atoms with Crippen molar-refractivity contribution in [3.05, 3.63) is 70.1 Å². The summed E-state index contributed by atoms with van der Waals surface area (Å²) >= 11 is 3.85. The number of unbranched alkanes of at least 4 members (excludes halogenated alkanes) is 1. The van der Waals surface area contributed by atoms with E-state index in [1.54, 1.807) is 12.5 Å². The van der Waals surface area contributed by atoms with Crippen LogP contribution in [0.5, 0.6) is 0 Å². The lowest BCUT2D eigenvalue weighted by molar-refractivity contribution is 0.0513. The number of carbonyl (C=O) groups is 1. The van der Waals surface area contributed by atoms with Crippen LogP contribution < -0.4 is 0 Å². The number of ether oxygens (including phenoxy) is 1. The maximum absolute atomic E-state index is 13.1. The van der Waals surface area contributed by atoms with Crippen LogP contribution in [0.15, 0.2) is 51.7 Å². The van der Waals surface area contributed by atoms with E-state index in [0.717, 1.165) is 62.9 Å². The minimum atomic E-state index is -0.367. The Morgan fingerprint density at radius 1 is 1.14 bits per heavy atom. The number of hydrogen-bond acceptors (Lipinski definition) is 7. The maximum Gasteiger partial charge on any atom is 0.356 e. The summed E-state index contributed by atoms with van der Waals surface area (Å²) in [5.41, 5.74) is 6.86. The van der Waals surface area contributed by atoms with Gasteiger partial charge in [0.05, 0.1) is 31.4 Å². The molecule has 9 nitrogen and oxygen atoms in total. The lowest BCUT2D eigenvalue weighted by atomic mass is 9.97. The zero-order chi connectivity index (χ0) is 25.9. The molecule has 0 unspecified atom stereocenters. The molecule has 0 saturated heterocycles. The number of fused-ring (bicyclic) bond motifs is 1. The summed E-state index contributed by atoms with van der Waals surface area (Å²) in [5.74, 6) is 0.998. The van der Waals surface area contributed by atoms with Crippen molar-refractivity contribution in [1.82, 2.24) is 30.2 Å². The number of H-pyrrole nitrogens is 1. The lowest BCUT2D eigenvalue weighted by Crippen LogP contribution is -2.16. The second-order valence-electron chi connectivity index (χ2n) is 8.70. The topological polar surface area (TPSA) is 112 Å². The van der Waals surface area contributed by atoms with E-state index in [2.05, 4.69) is 43.5 Å². The first-order valence-corrected chi connectivity index (χ1v) is 13.1. The zero-order valence-electron chi connectivity index (χ0n) is 20.9. The third-order valence-corrected chi connectivity index (χ3v) is 7.24. The number of hydrogen-bond donors (Lipinski definition) is 1. The van der Waals surface area contributed by atoms with Crippen LogP contribution in [0.4, 0.5) is 0 Å². The van der Waals surface area contributed by atoms with E-state index in [9.17, 15) is 4.79 Å². The highest BCUT2D eigenvalue weighted by Gasteiger charge is 2.29. The van der Waals surface area contributed by atoms with Gasteiger partial charge in [-0.1, -0.05) is 37.6 Å². The number of aryl methyl sites for hydroxylation is 2. The van der Waals surface area contributed by atoms with Crippen LogP contribution in [0, 0.1) is 6.92 Å². The molecule has 10 heteroatoms. The number of halogens is 1. The predicted molar refractivity (Wildman–Crippen MR) is 142 cm³/mol. The van der Waals surface area contributed by atoms with Crippen molar-refractivity contribution < 1.29 is 13.9 Å². The van der Waals surface area contributed by atoms with Crippen LogP contribution in [0.3, 0.4) is 0 Å². The summed E-state index contributed by atoms with van der Waals surface area (Å²) in [5, 5.41) is 14.7. The molecule has 1 aliphatic carbocycles. The van der Waals surface area contributed by atoms with Gasteiger partial charge in [0.25, 0.3) is 0 Å². The highest BCUT2D eigenvalue weighted by Crippen LogP contribution is 2.48. The molecule has 1 aromatic carbocycles. The number of aromatic amines is 1. The van der Waals surface area contributed by atoms with Crippen molar-refractivity contribution in [2.24, 2.45) is 0 Å². The van der Waals surface area contributed by atoms with E-state index in [-0.39, 0.29) is 5.97 Å². The smallest absolute Gasteiger partial charge is 0.356 e. The number of benzene rings is 1. The molecule has 0 saturated carbocycles. The molecule has 3 aromatic rings. The Morgan fingerprint density at radius 3 is 2.68 bits per heavy atom. The second-order valence-corrected chi connectivity index (χ2v) is 9.50.